The van der Waals surface area contributed by atoms with Crippen LogP contribution in [0.4, 0.5) is 0 Å². The number of hydrogen-bond acceptors (Lipinski definition) is 3. The lowest BCUT2D eigenvalue weighted by Crippen LogP contribution is -2.47. The zero-order valence-electron chi connectivity index (χ0n) is 13.2. The van der Waals surface area contributed by atoms with Crippen molar-refractivity contribution < 1.29 is 5.11 Å². The van der Waals surface area contributed by atoms with Crippen LogP contribution < -0.4 is 5.32 Å². The van der Waals surface area contributed by atoms with Gasteiger partial charge in [0.15, 0.2) is 0 Å². The summed E-state index contributed by atoms with van der Waals surface area (Å²) in [6, 6.07) is 2.11. The Morgan fingerprint density at radius 3 is 2.37 bits per heavy atom. The molecule has 1 aromatic rings. The van der Waals surface area contributed by atoms with Gasteiger partial charge in [0, 0.05) is 30.7 Å². The number of nitrogens with one attached hydrogen (secondary N) is 1. The minimum Gasteiger partial charge on any atom is -0.388 e. The smallest absolute Gasteiger partial charge is 0.0798 e. The molecular formula is C15H29N3O. The summed E-state index contributed by atoms with van der Waals surface area (Å²) >= 11 is 0. The van der Waals surface area contributed by atoms with Gasteiger partial charge in [0.25, 0.3) is 0 Å². The van der Waals surface area contributed by atoms with Crippen LogP contribution in [0.5, 0.6) is 0 Å². The Labute approximate surface area is 117 Å². The molecule has 1 rings (SSSR count). The lowest BCUT2D eigenvalue weighted by molar-refractivity contribution is 0.0515. The molecule has 4 heteroatoms. The standard InChI is InChI=1S/C15H29N3O/c1-7-12-9-13(18(8-2)17-12)10-15(6,19)11-16-14(3,4)5/h9,16,19H,7-8,10-11H2,1-6H3. The van der Waals surface area contributed by atoms with Gasteiger partial charge in [-0.2, -0.15) is 5.10 Å². The van der Waals surface area contributed by atoms with E-state index in [9.17, 15) is 5.11 Å². The van der Waals surface area contributed by atoms with Crippen LogP contribution in [-0.4, -0.2) is 32.6 Å². The number of nitrogens with zero attached hydrogens (tertiary/aromatic N) is 2. The fraction of sp³-hybridized carbons (Fsp3) is 0.800. The van der Waals surface area contributed by atoms with Crippen molar-refractivity contribution in [3.05, 3.63) is 17.5 Å². The molecule has 0 spiro atoms. The van der Waals surface area contributed by atoms with Gasteiger partial charge in [-0.25, -0.2) is 0 Å². The maximum absolute atomic E-state index is 10.5. The molecule has 0 aliphatic heterocycles. The Morgan fingerprint density at radius 1 is 1.26 bits per heavy atom. The first-order valence-corrected chi connectivity index (χ1v) is 7.20. The SMILES string of the molecule is CCc1cc(CC(C)(O)CNC(C)(C)C)n(CC)n1. The van der Waals surface area contributed by atoms with Gasteiger partial charge in [-0.1, -0.05) is 6.92 Å². The molecule has 0 aliphatic carbocycles. The van der Waals surface area contributed by atoms with Crippen LogP contribution in [0.2, 0.25) is 0 Å². The van der Waals surface area contributed by atoms with E-state index in [1.54, 1.807) is 0 Å². The van der Waals surface area contributed by atoms with E-state index < -0.39 is 5.60 Å². The van der Waals surface area contributed by atoms with Crippen LogP contribution >= 0.6 is 0 Å². The Kier molecular flexibility index (Phi) is 5.16. The molecule has 110 valence electrons. The van der Waals surface area contributed by atoms with Crippen molar-refractivity contribution in [3.63, 3.8) is 0 Å². The number of hydrogen-bond donors (Lipinski definition) is 2. The highest BCUT2D eigenvalue weighted by atomic mass is 16.3. The van der Waals surface area contributed by atoms with Crippen LogP contribution in [0.15, 0.2) is 6.07 Å². The summed E-state index contributed by atoms with van der Waals surface area (Å²) in [5.74, 6) is 0. The Balaban J connectivity index is 2.74. The van der Waals surface area contributed by atoms with Crippen molar-refractivity contribution >= 4 is 0 Å². The van der Waals surface area contributed by atoms with Crippen LogP contribution in [-0.2, 0) is 19.4 Å². The molecule has 4 nitrogen and oxygen atoms in total. The summed E-state index contributed by atoms with van der Waals surface area (Å²) in [7, 11) is 0. The lowest BCUT2D eigenvalue weighted by Gasteiger charge is -2.29. The van der Waals surface area contributed by atoms with Crippen molar-refractivity contribution in [2.45, 2.75) is 72.1 Å². The molecule has 19 heavy (non-hydrogen) atoms. The van der Waals surface area contributed by atoms with Crippen LogP contribution in [0.25, 0.3) is 0 Å². The second-order valence-electron chi connectivity index (χ2n) is 6.57. The third-order valence-corrected chi connectivity index (χ3v) is 3.14. The summed E-state index contributed by atoms with van der Waals surface area (Å²) in [5, 5.41) is 18.4. The summed E-state index contributed by atoms with van der Waals surface area (Å²) in [5.41, 5.74) is 1.46. The summed E-state index contributed by atoms with van der Waals surface area (Å²) < 4.78 is 1.99. The van der Waals surface area contributed by atoms with Crippen molar-refractivity contribution in [3.8, 4) is 0 Å². The van der Waals surface area contributed by atoms with Gasteiger partial charge >= 0.3 is 0 Å². The Bertz CT molecular complexity index is 402. The van der Waals surface area contributed by atoms with Gasteiger partial charge < -0.3 is 10.4 Å². The third kappa shape index (κ3) is 5.33. The average Bonchev–Trinajstić information content (AvgIpc) is 2.67. The lowest BCUT2D eigenvalue weighted by atomic mass is 9.98. The maximum atomic E-state index is 10.5. The highest BCUT2D eigenvalue weighted by Gasteiger charge is 2.25. The second-order valence-corrected chi connectivity index (χ2v) is 6.57. The van der Waals surface area contributed by atoms with Crippen LogP contribution in [0.1, 0.15) is 52.9 Å². The van der Waals surface area contributed by atoms with E-state index in [-0.39, 0.29) is 5.54 Å². The summed E-state index contributed by atoms with van der Waals surface area (Å²) in [6.07, 6.45) is 1.55. The molecule has 0 bridgehead atoms. The zero-order chi connectivity index (χ0) is 14.7. The quantitative estimate of drug-likeness (QED) is 0.830. The maximum Gasteiger partial charge on any atom is 0.0798 e. The largest absolute Gasteiger partial charge is 0.388 e. The first-order valence-electron chi connectivity index (χ1n) is 7.20. The van der Waals surface area contributed by atoms with Crippen LogP contribution in [0.3, 0.4) is 0 Å². The normalized spacial score (nSPS) is 15.5. The first kappa shape index (κ1) is 16.2. The van der Waals surface area contributed by atoms with Crippen molar-refractivity contribution in [1.29, 1.82) is 0 Å². The van der Waals surface area contributed by atoms with Crippen molar-refractivity contribution in [2.75, 3.05) is 6.54 Å². The van der Waals surface area contributed by atoms with E-state index in [2.05, 4.69) is 51.1 Å². The van der Waals surface area contributed by atoms with E-state index in [1.807, 2.05) is 11.6 Å². The van der Waals surface area contributed by atoms with E-state index in [0.717, 1.165) is 24.4 Å². The second kappa shape index (κ2) is 6.06. The molecule has 1 unspecified atom stereocenters. The molecule has 2 N–H and O–H groups in total. The van der Waals surface area contributed by atoms with Gasteiger partial charge in [0.05, 0.1) is 11.3 Å². The van der Waals surface area contributed by atoms with Gasteiger partial charge in [-0.15, -0.1) is 0 Å². The van der Waals surface area contributed by atoms with Crippen LogP contribution in [0, 0.1) is 0 Å². The molecule has 1 atom stereocenters. The number of aryl methyl sites for hydroxylation is 2. The summed E-state index contributed by atoms with van der Waals surface area (Å²) in [4.78, 5) is 0. The fourth-order valence-electron chi connectivity index (χ4n) is 2.01. The molecule has 0 radical (unpaired) electrons. The topological polar surface area (TPSA) is 50.1 Å². The minimum atomic E-state index is -0.759. The molecule has 0 fully saturated rings. The molecule has 1 aromatic heterocycles. The molecule has 0 amide bonds. The predicted molar refractivity (Wildman–Crippen MR) is 79.4 cm³/mol. The monoisotopic (exact) mass is 267 g/mol. The van der Waals surface area contributed by atoms with Gasteiger partial charge in [-0.3, -0.25) is 4.68 Å². The molecule has 0 saturated carbocycles. The highest BCUT2D eigenvalue weighted by Crippen LogP contribution is 2.15. The zero-order valence-corrected chi connectivity index (χ0v) is 13.2. The van der Waals surface area contributed by atoms with E-state index in [1.165, 1.54) is 0 Å². The molecular weight excluding hydrogens is 238 g/mol. The highest BCUT2D eigenvalue weighted by molar-refractivity contribution is 5.13. The van der Waals surface area contributed by atoms with E-state index >= 15 is 0 Å². The Hall–Kier alpha value is -0.870. The fourth-order valence-corrected chi connectivity index (χ4v) is 2.01. The third-order valence-electron chi connectivity index (χ3n) is 3.14. The molecule has 0 aromatic carbocycles. The minimum absolute atomic E-state index is 0.0174. The molecule has 0 aliphatic rings. The predicted octanol–water partition coefficient (Wildman–Crippen LogP) is 2.15. The molecule has 1 heterocycles. The van der Waals surface area contributed by atoms with Crippen molar-refractivity contribution in [2.24, 2.45) is 0 Å². The van der Waals surface area contributed by atoms with Gasteiger partial charge in [0.2, 0.25) is 0 Å². The number of aromatic nitrogens is 2. The summed E-state index contributed by atoms with van der Waals surface area (Å²) in [6.45, 7) is 13.8. The Morgan fingerprint density at radius 2 is 1.89 bits per heavy atom. The molecule has 0 saturated heterocycles. The van der Waals surface area contributed by atoms with E-state index in [0.29, 0.717) is 13.0 Å². The first-order chi connectivity index (χ1) is 8.67. The van der Waals surface area contributed by atoms with Gasteiger partial charge in [-0.05, 0) is 47.1 Å². The number of aliphatic hydroxyl groups is 1. The van der Waals surface area contributed by atoms with E-state index in [4.69, 9.17) is 0 Å². The number of β-amino-alcohol motifs (C(OH)–C–C–N with tert-alkyl or cyclic N) is 1. The number of rotatable bonds is 6. The van der Waals surface area contributed by atoms with Crippen molar-refractivity contribution in [1.82, 2.24) is 15.1 Å². The average molecular weight is 267 g/mol. The van der Waals surface area contributed by atoms with Gasteiger partial charge in [0.1, 0.15) is 0 Å².